The van der Waals surface area contributed by atoms with Gasteiger partial charge in [0.25, 0.3) is 0 Å². The zero-order chi connectivity index (χ0) is 13.7. The largest absolute Gasteiger partial charge is 0.466 e. The third-order valence-corrected chi connectivity index (χ3v) is 3.00. The molecule has 1 heterocycles. The number of esters is 1. The van der Waals surface area contributed by atoms with Gasteiger partial charge in [-0.15, -0.1) is 0 Å². The molecule has 0 bridgehead atoms. The van der Waals surface area contributed by atoms with Gasteiger partial charge in [-0.2, -0.15) is 0 Å². The summed E-state index contributed by atoms with van der Waals surface area (Å²) in [4.78, 5) is 27.5. The maximum Gasteiger partial charge on any atom is 0.335 e. The monoisotopic (exact) mass is 257 g/mol. The van der Waals surface area contributed by atoms with E-state index in [9.17, 15) is 9.59 Å². The van der Waals surface area contributed by atoms with Gasteiger partial charge in [0, 0.05) is 30.3 Å². The summed E-state index contributed by atoms with van der Waals surface area (Å²) in [5, 5.41) is 0. The number of ether oxygens (including phenoxy) is 1. The number of methoxy groups -OCH3 is 1. The maximum absolute atomic E-state index is 12.1. The average molecular weight is 257 g/mol. The molecule has 0 N–H and O–H groups in total. The zero-order valence-electron chi connectivity index (χ0n) is 10.7. The summed E-state index contributed by atoms with van der Waals surface area (Å²) in [6.45, 7) is 0. The summed E-state index contributed by atoms with van der Waals surface area (Å²) in [6, 6.07) is 9.12. The highest BCUT2D eigenvalue weighted by atomic mass is 16.5. The molecule has 4 nitrogen and oxygen atoms in total. The molecule has 19 heavy (non-hydrogen) atoms. The Bertz CT molecular complexity index is 532. The Hall–Kier alpha value is -2.23. The van der Waals surface area contributed by atoms with E-state index in [0.29, 0.717) is 24.0 Å². The van der Waals surface area contributed by atoms with E-state index in [0.717, 1.165) is 0 Å². The molecule has 0 aliphatic carbocycles. The van der Waals surface area contributed by atoms with Crippen LogP contribution in [0.3, 0.4) is 0 Å². The first-order valence-corrected chi connectivity index (χ1v) is 6.09. The Morgan fingerprint density at radius 1 is 1.32 bits per heavy atom. The molecule has 0 radical (unpaired) electrons. The second kappa shape index (κ2) is 6.09. The smallest absolute Gasteiger partial charge is 0.335 e. The molecule has 1 unspecified atom stereocenters. The van der Waals surface area contributed by atoms with Gasteiger partial charge in [0.05, 0.1) is 12.7 Å². The van der Waals surface area contributed by atoms with Crippen LogP contribution >= 0.6 is 0 Å². The van der Waals surface area contributed by atoms with Crippen molar-refractivity contribution in [1.82, 2.24) is 0 Å². The number of rotatable bonds is 4. The number of carbonyl (C=O) groups is 2. The van der Waals surface area contributed by atoms with Gasteiger partial charge in [0.2, 0.25) is 0 Å². The van der Waals surface area contributed by atoms with E-state index in [4.69, 9.17) is 0 Å². The number of benzene rings is 1. The van der Waals surface area contributed by atoms with Crippen LogP contribution in [0.1, 0.15) is 23.2 Å². The van der Waals surface area contributed by atoms with E-state index < -0.39 is 0 Å². The lowest BCUT2D eigenvalue weighted by Crippen LogP contribution is -2.17. The lowest BCUT2D eigenvalue weighted by molar-refractivity contribution is -0.136. The molecule has 1 aliphatic heterocycles. The first-order chi connectivity index (χ1) is 9.20. The molecule has 0 saturated carbocycles. The lowest BCUT2D eigenvalue weighted by Gasteiger charge is -2.15. The highest BCUT2D eigenvalue weighted by molar-refractivity contribution is 5.98. The molecular formula is C15H15NO3. The van der Waals surface area contributed by atoms with Crippen molar-refractivity contribution in [3.05, 3.63) is 47.7 Å². The summed E-state index contributed by atoms with van der Waals surface area (Å²) < 4.78 is 4.66. The Balaban J connectivity index is 1.99. The van der Waals surface area contributed by atoms with Crippen molar-refractivity contribution >= 4 is 18.0 Å². The third kappa shape index (κ3) is 3.37. The van der Waals surface area contributed by atoms with E-state index >= 15 is 0 Å². The summed E-state index contributed by atoms with van der Waals surface area (Å²) >= 11 is 0. The van der Waals surface area contributed by atoms with Crippen molar-refractivity contribution in [3.8, 4) is 0 Å². The number of hydrogen-bond acceptors (Lipinski definition) is 4. The molecule has 0 aromatic heterocycles. The molecule has 1 aromatic rings. The minimum atomic E-state index is -0.381. The molecule has 4 heteroatoms. The number of hydrogen-bond donors (Lipinski definition) is 0. The first-order valence-electron chi connectivity index (χ1n) is 6.09. The van der Waals surface area contributed by atoms with E-state index in [2.05, 4.69) is 9.73 Å². The van der Waals surface area contributed by atoms with Crippen molar-refractivity contribution in [3.63, 3.8) is 0 Å². The highest BCUT2D eigenvalue weighted by Gasteiger charge is 2.21. The van der Waals surface area contributed by atoms with Crippen LogP contribution in [0, 0.1) is 5.92 Å². The SMILES string of the molecule is COC(=O)C1=CN=CC(CC(=O)c2ccccc2)C1. The summed E-state index contributed by atoms with van der Waals surface area (Å²) in [7, 11) is 1.34. The molecule has 2 rings (SSSR count). The lowest BCUT2D eigenvalue weighted by atomic mass is 9.92. The second-order valence-corrected chi connectivity index (χ2v) is 4.40. The van der Waals surface area contributed by atoms with Crippen LogP contribution < -0.4 is 0 Å². The van der Waals surface area contributed by atoms with Gasteiger partial charge >= 0.3 is 5.97 Å². The van der Waals surface area contributed by atoms with Gasteiger partial charge in [-0.3, -0.25) is 9.79 Å². The topological polar surface area (TPSA) is 55.7 Å². The average Bonchev–Trinajstić information content (AvgIpc) is 2.47. The van der Waals surface area contributed by atoms with Crippen LogP contribution in [-0.2, 0) is 9.53 Å². The van der Waals surface area contributed by atoms with Crippen molar-refractivity contribution in [1.29, 1.82) is 0 Å². The third-order valence-electron chi connectivity index (χ3n) is 3.00. The van der Waals surface area contributed by atoms with Gasteiger partial charge in [-0.1, -0.05) is 30.3 Å². The Morgan fingerprint density at radius 3 is 2.74 bits per heavy atom. The first kappa shape index (κ1) is 13.2. The van der Waals surface area contributed by atoms with Crippen LogP contribution in [0.5, 0.6) is 0 Å². The van der Waals surface area contributed by atoms with Crippen LogP contribution in [0.15, 0.2) is 47.1 Å². The van der Waals surface area contributed by atoms with Crippen LogP contribution in [0.4, 0.5) is 0 Å². The summed E-state index contributed by atoms with van der Waals surface area (Å²) in [6.07, 6.45) is 4.05. The van der Waals surface area contributed by atoms with Gasteiger partial charge in [-0.05, 0) is 6.42 Å². The molecule has 1 aromatic carbocycles. The van der Waals surface area contributed by atoms with Crippen LogP contribution in [0.25, 0.3) is 0 Å². The van der Waals surface area contributed by atoms with Gasteiger partial charge in [0.15, 0.2) is 5.78 Å². The van der Waals surface area contributed by atoms with Gasteiger partial charge in [-0.25, -0.2) is 4.79 Å². The normalized spacial score (nSPS) is 17.7. The predicted octanol–water partition coefficient (Wildman–Crippen LogP) is 2.41. The number of Topliss-reactive ketones (excluding diaryl/α,β-unsaturated/α-hetero) is 1. The maximum atomic E-state index is 12.1. The van der Waals surface area contributed by atoms with Crippen molar-refractivity contribution in [2.45, 2.75) is 12.8 Å². The van der Waals surface area contributed by atoms with E-state index in [1.54, 1.807) is 18.3 Å². The Labute approximate surface area is 111 Å². The Kier molecular flexibility index (Phi) is 4.23. The molecular weight excluding hydrogens is 242 g/mol. The fourth-order valence-electron chi connectivity index (χ4n) is 2.01. The van der Waals surface area contributed by atoms with E-state index in [-0.39, 0.29) is 17.7 Å². The number of carbonyl (C=O) groups excluding carboxylic acids is 2. The van der Waals surface area contributed by atoms with Crippen LogP contribution in [-0.4, -0.2) is 25.1 Å². The fraction of sp³-hybridized carbons (Fsp3) is 0.267. The number of ketones is 1. The Morgan fingerprint density at radius 2 is 2.05 bits per heavy atom. The number of nitrogens with zero attached hydrogens (tertiary/aromatic N) is 1. The molecule has 1 aliphatic rings. The minimum absolute atomic E-state index is 0.0493. The minimum Gasteiger partial charge on any atom is -0.466 e. The molecule has 98 valence electrons. The summed E-state index contributed by atoms with van der Waals surface area (Å²) in [5.41, 5.74) is 1.20. The van der Waals surface area contributed by atoms with Gasteiger partial charge in [0.1, 0.15) is 0 Å². The van der Waals surface area contributed by atoms with Crippen molar-refractivity contribution in [2.24, 2.45) is 10.9 Å². The van der Waals surface area contributed by atoms with E-state index in [1.807, 2.05) is 18.2 Å². The molecule has 0 amide bonds. The molecule has 0 spiro atoms. The molecule has 1 atom stereocenters. The highest BCUT2D eigenvalue weighted by Crippen LogP contribution is 2.21. The van der Waals surface area contributed by atoms with Crippen molar-refractivity contribution in [2.75, 3.05) is 7.11 Å². The zero-order valence-corrected chi connectivity index (χ0v) is 10.7. The quantitative estimate of drug-likeness (QED) is 0.614. The summed E-state index contributed by atoms with van der Waals surface area (Å²) in [5.74, 6) is -0.371. The van der Waals surface area contributed by atoms with Gasteiger partial charge < -0.3 is 4.74 Å². The van der Waals surface area contributed by atoms with E-state index in [1.165, 1.54) is 13.3 Å². The van der Waals surface area contributed by atoms with Crippen LogP contribution in [0.2, 0.25) is 0 Å². The number of aliphatic imine (C=N–C) groups is 1. The second-order valence-electron chi connectivity index (χ2n) is 4.40. The fourth-order valence-corrected chi connectivity index (χ4v) is 2.01. The molecule has 0 fully saturated rings. The molecule has 0 saturated heterocycles. The van der Waals surface area contributed by atoms with Crippen molar-refractivity contribution < 1.29 is 14.3 Å². The predicted molar refractivity (Wildman–Crippen MR) is 72.1 cm³/mol. The standard InChI is InChI=1S/C15H15NO3/c1-19-15(18)13-7-11(9-16-10-13)8-14(17)12-5-3-2-4-6-12/h2-6,9-11H,7-8H2,1H3.